The summed E-state index contributed by atoms with van der Waals surface area (Å²) in [6.07, 6.45) is 4.63. The normalized spacial score (nSPS) is 16.7. The van der Waals surface area contributed by atoms with Gasteiger partial charge >= 0.3 is 0 Å². The van der Waals surface area contributed by atoms with Gasteiger partial charge in [-0.1, -0.05) is 0 Å². The molecule has 0 N–H and O–H groups in total. The van der Waals surface area contributed by atoms with E-state index in [1.54, 1.807) is 31.1 Å². The minimum atomic E-state index is -0.0444. The zero-order chi connectivity index (χ0) is 13.1. The van der Waals surface area contributed by atoms with E-state index in [1.165, 1.54) is 0 Å². The van der Waals surface area contributed by atoms with Gasteiger partial charge in [0.1, 0.15) is 11.6 Å². The fourth-order valence-electron chi connectivity index (χ4n) is 2.17. The van der Waals surface area contributed by atoms with Crippen molar-refractivity contribution in [3.63, 3.8) is 0 Å². The summed E-state index contributed by atoms with van der Waals surface area (Å²) in [5, 5.41) is 0. The summed E-state index contributed by atoms with van der Waals surface area (Å²) in [6.45, 7) is 4.68. The maximum absolute atomic E-state index is 12.1. The fourth-order valence-corrected chi connectivity index (χ4v) is 2.17. The number of carbonyl (C=O) groups is 2. The molecule has 1 aliphatic heterocycles. The molecule has 1 aromatic heterocycles. The third kappa shape index (κ3) is 2.72. The number of amides is 1. The highest BCUT2D eigenvalue weighted by Crippen LogP contribution is 2.19. The molecule has 1 fully saturated rings. The first kappa shape index (κ1) is 12.7. The lowest BCUT2D eigenvalue weighted by molar-refractivity contribution is -0.121. The molecule has 0 bridgehead atoms. The van der Waals surface area contributed by atoms with Crippen LogP contribution in [-0.4, -0.2) is 39.6 Å². The van der Waals surface area contributed by atoms with Crippen molar-refractivity contribution in [2.75, 3.05) is 13.1 Å². The molecule has 0 atom stereocenters. The number of aryl methyl sites for hydroxylation is 1. The molecule has 2 heterocycles. The summed E-state index contributed by atoms with van der Waals surface area (Å²) in [5.74, 6) is 0.947. The number of ketones is 1. The SMILES string of the molecule is CC(=O)C1CCN(C(=O)c2cnc(C)nc2)CC1. The van der Waals surface area contributed by atoms with Gasteiger partial charge in [0, 0.05) is 31.4 Å². The molecule has 1 aliphatic rings. The highest BCUT2D eigenvalue weighted by Gasteiger charge is 2.25. The van der Waals surface area contributed by atoms with Gasteiger partial charge in [0.25, 0.3) is 5.91 Å². The number of piperidine rings is 1. The van der Waals surface area contributed by atoms with Crippen LogP contribution in [0.1, 0.15) is 35.9 Å². The number of hydrogen-bond donors (Lipinski definition) is 0. The molecule has 96 valence electrons. The van der Waals surface area contributed by atoms with Crippen LogP contribution in [0.3, 0.4) is 0 Å². The minimum Gasteiger partial charge on any atom is -0.339 e. The number of carbonyl (C=O) groups excluding carboxylic acids is 2. The van der Waals surface area contributed by atoms with Gasteiger partial charge in [0.05, 0.1) is 5.56 Å². The second-order valence-corrected chi connectivity index (χ2v) is 4.70. The van der Waals surface area contributed by atoms with E-state index in [-0.39, 0.29) is 17.6 Å². The summed E-state index contributed by atoms with van der Waals surface area (Å²) in [5.41, 5.74) is 0.516. The number of likely N-dealkylation sites (tertiary alicyclic amines) is 1. The Morgan fingerprint density at radius 1 is 1.22 bits per heavy atom. The minimum absolute atomic E-state index is 0.0444. The van der Waals surface area contributed by atoms with Gasteiger partial charge < -0.3 is 4.90 Å². The van der Waals surface area contributed by atoms with Crippen LogP contribution in [0.4, 0.5) is 0 Å². The van der Waals surface area contributed by atoms with Crippen molar-refractivity contribution in [3.05, 3.63) is 23.8 Å². The first-order chi connectivity index (χ1) is 8.58. The molecular formula is C13H17N3O2. The van der Waals surface area contributed by atoms with E-state index in [1.807, 2.05) is 0 Å². The van der Waals surface area contributed by atoms with Gasteiger partial charge in [-0.15, -0.1) is 0 Å². The van der Waals surface area contributed by atoms with Gasteiger partial charge in [-0.3, -0.25) is 9.59 Å². The summed E-state index contributed by atoms with van der Waals surface area (Å²) in [4.78, 5) is 33.2. The summed E-state index contributed by atoms with van der Waals surface area (Å²) in [7, 11) is 0. The van der Waals surface area contributed by atoms with Crippen LogP contribution in [0.15, 0.2) is 12.4 Å². The summed E-state index contributed by atoms with van der Waals surface area (Å²) < 4.78 is 0. The smallest absolute Gasteiger partial charge is 0.256 e. The number of nitrogens with zero attached hydrogens (tertiary/aromatic N) is 3. The van der Waals surface area contributed by atoms with Crippen molar-refractivity contribution in [2.24, 2.45) is 5.92 Å². The van der Waals surface area contributed by atoms with Crippen molar-refractivity contribution in [1.82, 2.24) is 14.9 Å². The molecule has 2 rings (SSSR count). The molecular weight excluding hydrogens is 230 g/mol. The lowest BCUT2D eigenvalue weighted by Gasteiger charge is -2.30. The molecule has 0 aromatic carbocycles. The average Bonchev–Trinajstić information content (AvgIpc) is 2.39. The zero-order valence-corrected chi connectivity index (χ0v) is 10.7. The number of hydrogen-bond acceptors (Lipinski definition) is 4. The number of Topliss-reactive ketones (excluding diaryl/α,β-unsaturated/α-hetero) is 1. The van der Waals surface area contributed by atoms with Crippen LogP contribution < -0.4 is 0 Å². The van der Waals surface area contributed by atoms with Crippen LogP contribution in [-0.2, 0) is 4.79 Å². The molecule has 5 heteroatoms. The van der Waals surface area contributed by atoms with E-state index in [9.17, 15) is 9.59 Å². The molecule has 0 radical (unpaired) electrons. The Hall–Kier alpha value is -1.78. The third-order valence-corrected chi connectivity index (χ3v) is 3.38. The lowest BCUT2D eigenvalue weighted by atomic mass is 9.93. The largest absolute Gasteiger partial charge is 0.339 e. The van der Waals surface area contributed by atoms with Gasteiger partial charge in [-0.05, 0) is 26.7 Å². The maximum atomic E-state index is 12.1. The summed E-state index contributed by atoms with van der Waals surface area (Å²) in [6, 6.07) is 0. The van der Waals surface area contributed by atoms with Crippen molar-refractivity contribution in [3.8, 4) is 0 Å². The molecule has 18 heavy (non-hydrogen) atoms. The highest BCUT2D eigenvalue weighted by atomic mass is 16.2. The summed E-state index contributed by atoms with van der Waals surface area (Å²) >= 11 is 0. The topological polar surface area (TPSA) is 63.2 Å². The van der Waals surface area contributed by atoms with Crippen LogP contribution >= 0.6 is 0 Å². The average molecular weight is 247 g/mol. The molecule has 0 spiro atoms. The fraction of sp³-hybridized carbons (Fsp3) is 0.538. The van der Waals surface area contributed by atoms with E-state index in [4.69, 9.17) is 0 Å². The van der Waals surface area contributed by atoms with Gasteiger partial charge in [0.15, 0.2) is 0 Å². The monoisotopic (exact) mass is 247 g/mol. The number of rotatable bonds is 2. The highest BCUT2D eigenvalue weighted by molar-refractivity contribution is 5.93. The van der Waals surface area contributed by atoms with Crippen LogP contribution in [0, 0.1) is 12.8 Å². The van der Waals surface area contributed by atoms with E-state index in [2.05, 4.69) is 9.97 Å². The van der Waals surface area contributed by atoms with Gasteiger partial charge in [-0.2, -0.15) is 0 Å². The van der Waals surface area contributed by atoms with Crippen molar-refractivity contribution in [2.45, 2.75) is 26.7 Å². The zero-order valence-electron chi connectivity index (χ0n) is 10.7. The van der Waals surface area contributed by atoms with Crippen molar-refractivity contribution < 1.29 is 9.59 Å². The van der Waals surface area contributed by atoms with E-state index in [0.717, 1.165) is 12.8 Å². The van der Waals surface area contributed by atoms with E-state index < -0.39 is 0 Å². The van der Waals surface area contributed by atoms with Gasteiger partial charge in [-0.25, -0.2) is 9.97 Å². The number of aromatic nitrogens is 2. The molecule has 1 amide bonds. The molecule has 1 aromatic rings. The predicted molar refractivity (Wildman–Crippen MR) is 66.1 cm³/mol. The Balaban J connectivity index is 1.99. The Kier molecular flexibility index (Phi) is 3.69. The van der Waals surface area contributed by atoms with E-state index in [0.29, 0.717) is 24.5 Å². The Morgan fingerprint density at radius 2 is 1.78 bits per heavy atom. The van der Waals surface area contributed by atoms with Crippen LogP contribution in [0.25, 0.3) is 0 Å². The molecule has 0 aliphatic carbocycles. The molecule has 0 saturated carbocycles. The van der Waals surface area contributed by atoms with Crippen molar-refractivity contribution in [1.29, 1.82) is 0 Å². The first-order valence-corrected chi connectivity index (χ1v) is 6.16. The lowest BCUT2D eigenvalue weighted by Crippen LogP contribution is -2.40. The standard InChI is InChI=1S/C13H17N3O2/c1-9(17)11-3-5-16(6-4-11)13(18)12-7-14-10(2)15-8-12/h7-8,11H,3-6H2,1-2H3. The third-order valence-electron chi connectivity index (χ3n) is 3.38. The molecule has 5 nitrogen and oxygen atoms in total. The maximum Gasteiger partial charge on any atom is 0.256 e. The molecule has 0 unspecified atom stereocenters. The predicted octanol–water partition coefficient (Wildman–Crippen LogP) is 1.23. The van der Waals surface area contributed by atoms with Crippen molar-refractivity contribution >= 4 is 11.7 Å². The Morgan fingerprint density at radius 3 is 2.28 bits per heavy atom. The quantitative estimate of drug-likeness (QED) is 0.788. The second kappa shape index (κ2) is 5.25. The van der Waals surface area contributed by atoms with Crippen LogP contribution in [0.5, 0.6) is 0 Å². The van der Waals surface area contributed by atoms with Gasteiger partial charge in [0.2, 0.25) is 0 Å². The first-order valence-electron chi connectivity index (χ1n) is 6.16. The van der Waals surface area contributed by atoms with Crippen LogP contribution in [0.2, 0.25) is 0 Å². The Bertz CT molecular complexity index is 448. The Labute approximate surface area is 106 Å². The van der Waals surface area contributed by atoms with E-state index >= 15 is 0 Å². The molecule has 1 saturated heterocycles. The second-order valence-electron chi connectivity index (χ2n) is 4.70.